The van der Waals surface area contributed by atoms with Crippen LogP contribution in [0.25, 0.3) is 0 Å². The quantitative estimate of drug-likeness (QED) is 0.765. The molecule has 7 heteroatoms. The maximum Gasteiger partial charge on any atom is 0.216 e. The predicted molar refractivity (Wildman–Crippen MR) is 59.3 cm³/mol. The average molecular weight is 244 g/mol. The van der Waals surface area contributed by atoms with Gasteiger partial charge in [-0.05, 0) is 20.3 Å². The van der Waals surface area contributed by atoms with Gasteiger partial charge in [0, 0.05) is 19.3 Å². The van der Waals surface area contributed by atoms with Gasteiger partial charge in [0.25, 0.3) is 0 Å². The summed E-state index contributed by atoms with van der Waals surface area (Å²) in [5, 5.41) is 7.28. The van der Waals surface area contributed by atoms with E-state index >= 15 is 0 Å². The van der Waals surface area contributed by atoms with Crippen molar-refractivity contribution in [2.45, 2.75) is 31.6 Å². The van der Waals surface area contributed by atoms with Gasteiger partial charge in [-0.15, -0.1) is 5.10 Å². The predicted octanol–water partition coefficient (Wildman–Crippen LogP) is 0.263. The molecule has 0 amide bonds. The fourth-order valence-electron chi connectivity index (χ4n) is 1.87. The second-order valence-corrected chi connectivity index (χ2v) is 6.77. The van der Waals surface area contributed by atoms with Crippen LogP contribution in [0, 0.1) is 0 Å². The van der Waals surface area contributed by atoms with Gasteiger partial charge in [0.2, 0.25) is 10.0 Å². The van der Waals surface area contributed by atoms with Gasteiger partial charge >= 0.3 is 0 Å². The summed E-state index contributed by atoms with van der Waals surface area (Å²) in [7, 11) is -3.13. The molecule has 0 N–H and O–H groups in total. The minimum atomic E-state index is -3.13. The lowest BCUT2D eigenvalue weighted by molar-refractivity contribution is 0.425. The van der Waals surface area contributed by atoms with Crippen molar-refractivity contribution >= 4 is 10.0 Å². The van der Waals surface area contributed by atoms with E-state index in [0.717, 1.165) is 6.42 Å². The first-order valence-corrected chi connectivity index (χ1v) is 6.87. The highest BCUT2D eigenvalue weighted by atomic mass is 32.2. The van der Waals surface area contributed by atoms with Crippen LogP contribution in [0.15, 0.2) is 12.4 Å². The molecule has 0 aromatic carbocycles. The molecule has 2 rings (SSSR count). The normalized spacial score (nSPS) is 23.1. The van der Waals surface area contributed by atoms with Crippen molar-refractivity contribution < 1.29 is 8.42 Å². The fourth-order valence-corrected chi connectivity index (χ4v) is 3.20. The van der Waals surface area contributed by atoms with Crippen LogP contribution < -0.4 is 0 Å². The smallest absolute Gasteiger partial charge is 0.216 e. The Morgan fingerprint density at radius 1 is 1.44 bits per heavy atom. The van der Waals surface area contributed by atoms with Crippen molar-refractivity contribution in [1.82, 2.24) is 19.3 Å². The van der Waals surface area contributed by atoms with E-state index in [0.29, 0.717) is 13.1 Å². The van der Waals surface area contributed by atoms with E-state index in [1.54, 1.807) is 35.2 Å². The molecule has 2 heterocycles. The van der Waals surface area contributed by atoms with Crippen molar-refractivity contribution in [2.75, 3.05) is 13.1 Å². The second-order valence-electron chi connectivity index (χ2n) is 4.28. The molecule has 0 bridgehead atoms. The summed E-state index contributed by atoms with van der Waals surface area (Å²) in [6.45, 7) is 4.49. The number of sulfonamides is 1. The monoisotopic (exact) mass is 244 g/mol. The lowest BCUT2D eigenvalue weighted by atomic mass is 10.3. The molecular weight excluding hydrogens is 228 g/mol. The van der Waals surface area contributed by atoms with Crippen LogP contribution in [0.3, 0.4) is 0 Å². The summed E-state index contributed by atoms with van der Waals surface area (Å²) < 4.78 is 27.1. The number of hydrogen-bond donors (Lipinski definition) is 0. The lowest BCUT2D eigenvalue weighted by Crippen LogP contribution is -2.34. The van der Waals surface area contributed by atoms with Crippen LogP contribution in [-0.2, 0) is 10.0 Å². The minimum Gasteiger partial charge on any atom is -0.248 e. The van der Waals surface area contributed by atoms with Gasteiger partial charge in [-0.2, -0.15) is 4.31 Å². The number of nitrogens with zero attached hydrogens (tertiary/aromatic N) is 4. The van der Waals surface area contributed by atoms with Crippen LogP contribution in [0.5, 0.6) is 0 Å². The van der Waals surface area contributed by atoms with Gasteiger partial charge in [0.15, 0.2) is 0 Å². The number of aromatic nitrogens is 3. The number of hydrogen-bond acceptors (Lipinski definition) is 4. The molecule has 6 nitrogen and oxygen atoms in total. The summed E-state index contributed by atoms with van der Waals surface area (Å²) in [4.78, 5) is 0. The highest BCUT2D eigenvalue weighted by molar-refractivity contribution is 7.89. The molecule has 0 aliphatic carbocycles. The zero-order valence-corrected chi connectivity index (χ0v) is 10.3. The summed E-state index contributed by atoms with van der Waals surface area (Å²) >= 11 is 0. The molecule has 1 aromatic heterocycles. The SMILES string of the molecule is CC(C)S(=O)(=O)N1CCC(n2ccnn2)C1. The van der Waals surface area contributed by atoms with Crippen molar-refractivity contribution in [1.29, 1.82) is 0 Å². The molecule has 0 saturated carbocycles. The molecule has 16 heavy (non-hydrogen) atoms. The standard InChI is InChI=1S/C9H16N4O2S/c1-8(2)16(14,15)12-5-3-9(7-12)13-6-4-10-11-13/h4,6,8-9H,3,5,7H2,1-2H3. The Kier molecular flexibility index (Phi) is 2.98. The van der Waals surface area contributed by atoms with Crippen LogP contribution in [0.2, 0.25) is 0 Å². The van der Waals surface area contributed by atoms with Crippen LogP contribution >= 0.6 is 0 Å². The van der Waals surface area contributed by atoms with Crippen LogP contribution in [0.4, 0.5) is 0 Å². The van der Waals surface area contributed by atoms with E-state index in [4.69, 9.17) is 0 Å². The van der Waals surface area contributed by atoms with Gasteiger partial charge in [-0.25, -0.2) is 13.1 Å². The third kappa shape index (κ3) is 1.97. The summed E-state index contributed by atoms with van der Waals surface area (Å²) in [6.07, 6.45) is 4.19. The van der Waals surface area contributed by atoms with Crippen molar-refractivity contribution in [3.05, 3.63) is 12.4 Å². The van der Waals surface area contributed by atoms with E-state index in [2.05, 4.69) is 10.3 Å². The molecule has 0 radical (unpaired) electrons. The van der Waals surface area contributed by atoms with Crippen molar-refractivity contribution in [3.63, 3.8) is 0 Å². The molecule has 0 spiro atoms. The summed E-state index contributed by atoms with van der Waals surface area (Å²) in [6, 6.07) is 0.121. The van der Waals surface area contributed by atoms with Crippen molar-refractivity contribution in [2.24, 2.45) is 0 Å². The second kappa shape index (κ2) is 4.14. The maximum atomic E-state index is 11.9. The van der Waals surface area contributed by atoms with E-state index in [9.17, 15) is 8.42 Å². The fraction of sp³-hybridized carbons (Fsp3) is 0.778. The molecular formula is C9H16N4O2S. The third-order valence-corrected chi connectivity index (χ3v) is 5.14. The van der Waals surface area contributed by atoms with Crippen LogP contribution in [0.1, 0.15) is 26.3 Å². The van der Waals surface area contributed by atoms with Gasteiger partial charge in [-0.1, -0.05) is 5.21 Å². The van der Waals surface area contributed by atoms with E-state index < -0.39 is 10.0 Å². The van der Waals surface area contributed by atoms with Gasteiger partial charge in [0.1, 0.15) is 0 Å². The number of rotatable bonds is 3. The Balaban J connectivity index is 2.10. The lowest BCUT2D eigenvalue weighted by Gasteiger charge is -2.18. The average Bonchev–Trinajstić information content (AvgIpc) is 2.88. The van der Waals surface area contributed by atoms with Crippen molar-refractivity contribution in [3.8, 4) is 0 Å². The van der Waals surface area contributed by atoms with Gasteiger partial charge in [-0.3, -0.25) is 0 Å². The zero-order valence-electron chi connectivity index (χ0n) is 9.44. The Morgan fingerprint density at radius 2 is 2.19 bits per heavy atom. The first kappa shape index (κ1) is 11.5. The molecule has 90 valence electrons. The Labute approximate surface area is 95.3 Å². The van der Waals surface area contributed by atoms with E-state index in [-0.39, 0.29) is 11.3 Å². The minimum absolute atomic E-state index is 0.121. The topological polar surface area (TPSA) is 68.1 Å². The third-order valence-electron chi connectivity index (χ3n) is 2.90. The highest BCUT2D eigenvalue weighted by Crippen LogP contribution is 2.24. The molecule has 1 fully saturated rings. The summed E-state index contributed by atoms with van der Waals surface area (Å²) in [5.74, 6) is 0. The molecule has 1 unspecified atom stereocenters. The van der Waals surface area contributed by atoms with Gasteiger partial charge in [0.05, 0.1) is 17.5 Å². The Hall–Kier alpha value is -0.950. The highest BCUT2D eigenvalue weighted by Gasteiger charge is 2.34. The zero-order chi connectivity index (χ0) is 11.8. The van der Waals surface area contributed by atoms with E-state index in [1.165, 1.54) is 0 Å². The molecule has 1 aromatic rings. The maximum absolute atomic E-state index is 11.9. The molecule has 1 saturated heterocycles. The molecule has 1 atom stereocenters. The first-order valence-electron chi connectivity index (χ1n) is 5.36. The Morgan fingerprint density at radius 3 is 2.75 bits per heavy atom. The van der Waals surface area contributed by atoms with Crippen LogP contribution in [-0.4, -0.2) is 46.1 Å². The van der Waals surface area contributed by atoms with E-state index in [1.807, 2.05) is 0 Å². The molecule has 1 aliphatic heterocycles. The molecule has 1 aliphatic rings. The Bertz CT molecular complexity index is 440. The van der Waals surface area contributed by atoms with Gasteiger partial charge < -0.3 is 0 Å². The first-order chi connectivity index (χ1) is 7.51. The summed E-state index contributed by atoms with van der Waals surface area (Å²) in [5.41, 5.74) is 0. The largest absolute Gasteiger partial charge is 0.248 e.